The summed E-state index contributed by atoms with van der Waals surface area (Å²) in [6.45, 7) is 0.558. The van der Waals surface area contributed by atoms with Crippen LogP contribution in [0.25, 0.3) is 0 Å². The quantitative estimate of drug-likeness (QED) is 0.849. The van der Waals surface area contributed by atoms with Crippen molar-refractivity contribution in [3.05, 3.63) is 27.7 Å². The molecule has 1 aromatic carbocycles. The van der Waals surface area contributed by atoms with Crippen LogP contribution in [0.15, 0.2) is 12.1 Å². The van der Waals surface area contributed by atoms with Gasteiger partial charge in [-0.3, -0.25) is 0 Å². The molecule has 0 aliphatic carbocycles. The SMILES string of the molecule is COc1cc(Cl)c(CCN)cc1Cl. The van der Waals surface area contributed by atoms with E-state index in [1.165, 1.54) is 0 Å². The van der Waals surface area contributed by atoms with Gasteiger partial charge in [0, 0.05) is 11.1 Å². The van der Waals surface area contributed by atoms with Crippen molar-refractivity contribution in [1.29, 1.82) is 0 Å². The second-order valence-corrected chi connectivity index (χ2v) is 3.43. The first-order chi connectivity index (χ1) is 6.19. The summed E-state index contributed by atoms with van der Waals surface area (Å²) in [7, 11) is 1.56. The fraction of sp³-hybridized carbons (Fsp3) is 0.333. The van der Waals surface area contributed by atoms with Gasteiger partial charge in [-0.05, 0) is 24.6 Å². The van der Waals surface area contributed by atoms with Gasteiger partial charge in [0.1, 0.15) is 5.75 Å². The molecule has 0 fully saturated rings. The molecule has 0 amide bonds. The molecule has 0 saturated heterocycles. The summed E-state index contributed by atoms with van der Waals surface area (Å²) >= 11 is 11.9. The molecule has 0 spiro atoms. The Morgan fingerprint density at radius 3 is 2.54 bits per heavy atom. The van der Waals surface area contributed by atoms with E-state index < -0.39 is 0 Å². The second-order valence-electron chi connectivity index (χ2n) is 2.62. The van der Waals surface area contributed by atoms with Crippen LogP contribution in [0.3, 0.4) is 0 Å². The molecular weight excluding hydrogens is 209 g/mol. The Morgan fingerprint density at radius 1 is 1.31 bits per heavy atom. The highest BCUT2D eigenvalue weighted by molar-refractivity contribution is 6.34. The van der Waals surface area contributed by atoms with Crippen LogP contribution in [0.2, 0.25) is 10.0 Å². The van der Waals surface area contributed by atoms with Crippen LogP contribution in [-0.2, 0) is 6.42 Å². The third-order valence-electron chi connectivity index (χ3n) is 1.73. The molecule has 2 nitrogen and oxygen atoms in total. The van der Waals surface area contributed by atoms with Gasteiger partial charge in [0.15, 0.2) is 0 Å². The van der Waals surface area contributed by atoms with Crippen LogP contribution in [0.4, 0.5) is 0 Å². The van der Waals surface area contributed by atoms with Gasteiger partial charge in [0.25, 0.3) is 0 Å². The lowest BCUT2D eigenvalue weighted by Crippen LogP contribution is -2.03. The lowest BCUT2D eigenvalue weighted by Gasteiger charge is -2.07. The average molecular weight is 220 g/mol. The van der Waals surface area contributed by atoms with E-state index in [1.54, 1.807) is 19.2 Å². The number of ether oxygens (including phenoxy) is 1. The maximum atomic E-state index is 5.96. The highest BCUT2D eigenvalue weighted by atomic mass is 35.5. The van der Waals surface area contributed by atoms with Crippen LogP contribution in [0.5, 0.6) is 5.75 Å². The topological polar surface area (TPSA) is 35.2 Å². The molecule has 72 valence electrons. The van der Waals surface area contributed by atoms with Gasteiger partial charge in [-0.1, -0.05) is 23.2 Å². The summed E-state index contributed by atoms with van der Waals surface area (Å²) in [5.41, 5.74) is 6.37. The van der Waals surface area contributed by atoms with Crippen molar-refractivity contribution in [2.45, 2.75) is 6.42 Å². The van der Waals surface area contributed by atoms with E-state index in [4.69, 9.17) is 33.7 Å². The number of benzene rings is 1. The van der Waals surface area contributed by atoms with Gasteiger partial charge in [-0.2, -0.15) is 0 Å². The van der Waals surface area contributed by atoms with Gasteiger partial charge < -0.3 is 10.5 Å². The molecule has 0 aromatic heterocycles. The van der Waals surface area contributed by atoms with Crippen molar-refractivity contribution < 1.29 is 4.74 Å². The summed E-state index contributed by atoms with van der Waals surface area (Å²) in [6.07, 6.45) is 0.725. The van der Waals surface area contributed by atoms with Crippen LogP contribution in [0.1, 0.15) is 5.56 Å². The van der Waals surface area contributed by atoms with Gasteiger partial charge in [0.2, 0.25) is 0 Å². The van der Waals surface area contributed by atoms with Gasteiger partial charge >= 0.3 is 0 Å². The predicted molar refractivity (Wildman–Crippen MR) is 55.8 cm³/mol. The lowest BCUT2D eigenvalue weighted by molar-refractivity contribution is 0.415. The molecule has 0 bridgehead atoms. The number of nitrogens with two attached hydrogens (primary N) is 1. The van der Waals surface area contributed by atoms with Crippen LogP contribution in [-0.4, -0.2) is 13.7 Å². The zero-order valence-corrected chi connectivity index (χ0v) is 8.82. The summed E-state index contributed by atoms with van der Waals surface area (Å²) in [5.74, 6) is 0.590. The monoisotopic (exact) mass is 219 g/mol. The summed E-state index contributed by atoms with van der Waals surface area (Å²) in [4.78, 5) is 0. The maximum absolute atomic E-state index is 5.96. The fourth-order valence-corrected chi connectivity index (χ4v) is 1.58. The molecule has 2 N–H and O–H groups in total. The molecule has 0 heterocycles. The smallest absolute Gasteiger partial charge is 0.138 e. The van der Waals surface area contributed by atoms with E-state index in [-0.39, 0.29) is 0 Å². The molecule has 4 heteroatoms. The molecular formula is C9H11Cl2NO. The van der Waals surface area contributed by atoms with Crippen molar-refractivity contribution >= 4 is 23.2 Å². The van der Waals surface area contributed by atoms with Gasteiger partial charge in [0.05, 0.1) is 12.1 Å². The second kappa shape index (κ2) is 4.70. The van der Waals surface area contributed by atoms with Crippen molar-refractivity contribution in [3.63, 3.8) is 0 Å². The summed E-state index contributed by atoms with van der Waals surface area (Å²) < 4.78 is 5.01. The van der Waals surface area contributed by atoms with Crippen LogP contribution < -0.4 is 10.5 Å². The Kier molecular flexibility index (Phi) is 3.85. The minimum absolute atomic E-state index is 0.558. The summed E-state index contributed by atoms with van der Waals surface area (Å²) in [6, 6.07) is 3.49. The highest BCUT2D eigenvalue weighted by Crippen LogP contribution is 2.30. The Hall–Kier alpha value is -0.440. The van der Waals surface area contributed by atoms with Crippen molar-refractivity contribution in [3.8, 4) is 5.75 Å². The molecule has 1 rings (SSSR count). The van der Waals surface area contributed by atoms with E-state index in [1.807, 2.05) is 0 Å². The minimum atomic E-state index is 0.558. The number of hydrogen-bond acceptors (Lipinski definition) is 2. The maximum Gasteiger partial charge on any atom is 0.138 e. The average Bonchev–Trinajstić information content (AvgIpc) is 2.11. The molecule has 0 atom stereocenters. The molecule has 13 heavy (non-hydrogen) atoms. The molecule has 0 aliphatic rings. The Bertz CT molecular complexity index is 302. The third kappa shape index (κ3) is 2.50. The molecule has 0 radical (unpaired) electrons. The number of hydrogen-bond donors (Lipinski definition) is 1. The fourth-order valence-electron chi connectivity index (χ4n) is 1.07. The largest absolute Gasteiger partial charge is 0.495 e. The molecule has 0 unspecified atom stereocenters. The first kappa shape index (κ1) is 10.6. The van der Waals surface area contributed by atoms with E-state index >= 15 is 0 Å². The van der Waals surface area contributed by atoms with Crippen LogP contribution in [0, 0.1) is 0 Å². The lowest BCUT2D eigenvalue weighted by atomic mass is 10.1. The van der Waals surface area contributed by atoms with Crippen molar-refractivity contribution in [2.75, 3.05) is 13.7 Å². The predicted octanol–water partition coefficient (Wildman–Crippen LogP) is 2.50. The van der Waals surface area contributed by atoms with E-state index in [0.29, 0.717) is 22.3 Å². The Labute approximate surface area is 87.6 Å². The third-order valence-corrected chi connectivity index (χ3v) is 2.38. The first-order valence-electron chi connectivity index (χ1n) is 3.91. The highest BCUT2D eigenvalue weighted by Gasteiger charge is 2.06. The van der Waals surface area contributed by atoms with Crippen LogP contribution >= 0.6 is 23.2 Å². The molecule has 0 saturated carbocycles. The summed E-state index contributed by atoms with van der Waals surface area (Å²) in [5, 5.41) is 1.21. The van der Waals surface area contributed by atoms with E-state index in [2.05, 4.69) is 0 Å². The van der Waals surface area contributed by atoms with E-state index in [9.17, 15) is 0 Å². The van der Waals surface area contributed by atoms with Gasteiger partial charge in [-0.25, -0.2) is 0 Å². The number of rotatable bonds is 3. The standard InChI is InChI=1S/C9H11Cl2NO/c1-13-9-5-7(10)6(2-3-12)4-8(9)11/h4-5H,2-3,12H2,1H3. The number of halogens is 2. The number of methoxy groups -OCH3 is 1. The zero-order chi connectivity index (χ0) is 9.84. The van der Waals surface area contributed by atoms with Crippen molar-refractivity contribution in [2.24, 2.45) is 5.73 Å². The Balaban J connectivity index is 3.05. The zero-order valence-electron chi connectivity index (χ0n) is 7.31. The molecule has 0 aliphatic heterocycles. The van der Waals surface area contributed by atoms with Crippen molar-refractivity contribution in [1.82, 2.24) is 0 Å². The van der Waals surface area contributed by atoms with E-state index in [0.717, 1.165) is 12.0 Å². The molecule has 1 aromatic rings. The Morgan fingerprint density at radius 2 is 2.00 bits per heavy atom. The minimum Gasteiger partial charge on any atom is -0.495 e. The normalized spacial score (nSPS) is 10.2. The first-order valence-corrected chi connectivity index (χ1v) is 4.66. The van der Waals surface area contributed by atoms with Gasteiger partial charge in [-0.15, -0.1) is 0 Å².